The van der Waals surface area contributed by atoms with Gasteiger partial charge in [-0.2, -0.15) is 0 Å². The van der Waals surface area contributed by atoms with Crippen LogP contribution in [0.4, 0.5) is 5.69 Å². The van der Waals surface area contributed by atoms with E-state index in [2.05, 4.69) is 10.3 Å². The van der Waals surface area contributed by atoms with Gasteiger partial charge in [-0.3, -0.25) is 4.79 Å². The van der Waals surface area contributed by atoms with E-state index in [9.17, 15) is 13.2 Å². The first kappa shape index (κ1) is 25.0. The summed E-state index contributed by atoms with van der Waals surface area (Å²) >= 11 is 8.01. The van der Waals surface area contributed by atoms with Crippen LogP contribution in [0.2, 0.25) is 5.02 Å². The zero-order valence-corrected chi connectivity index (χ0v) is 22.2. The lowest BCUT2D eigenvalue weighted by Crippen LogP contribution is -2.14. The van der Waals surface area contributed by atoms with Crippen LogP contribution in [-0.4, -0.2) is 32.7 Å². The summed E-state index contributed by atoms with van der Waals surface area (Å²) in [7, 11) is -1.94. The van der Waals surface area contributed by atoms with Crippen molar-refractivity contribution in [2.45, 2.75) is 4.90 Å². The Kier molecular flexibility index (Phi) is 6.72. The number of amides is 1. The monoisotopic (exact) mass is 548 g/mol. The van der Waals surface area contributed by atoms with Crippen LogP contribution in [0.5, 0.6) is 5.75 Å². The van der Waals surface area contributed by atoms with Crippen molar-refractivity contribution in [1.29, 1.82) is 0 Å². The maximum Gasteiger partial charge on any atom is 0.256 e. The average molecular weight is 549 g/mol. The van der Waals surface area contributed by atoms with Crippen LogP contribution in [0.15, 0.2) is 89.8 Å². The van der Waals surface area contributed by atoms with Gasteiger partial charge in [-0.1, -0.05) is 35.9 Å². The molecule has 5 aromatic rings. The number of nitrogens with one attached hydrogen (secondary N) is 1. The first-order valence-corrected chi connectivity index (χ1v) is 14.3. The Hall–Kier alpha value is -3.72. The van der Waals surface area contributed by atoms with Gasteiger partial charge in [-0.05, 0) is 71.8 Å². The number of carbonyl (C=O) groups is 1. The van der Waals surface area contributed by atoms with Gasteiger partial charge in [-0.25, -0.2) is 13.4 Å². The van der Waals surface area contributed by atoms with Crippen molar-refractivity contribution in [3.8, 4) is 27.4 Å². The lowest BCUT2D eigenvalue weighted by molar-refractivity contribution is 0.102. The van der Waals surface area contributed by atoms with Gasteiger partial charge in [0.2, 0.25) is 0 Å². The van der Waals surface area contributed by atoms with E-state index in [4.69, 9.17) is 16.3 Å². The van der Waals surface area contributed by atoms with Crippen LogP contribution in [0.1, 0.15) is 10.4 Å². The molecule has 1 aromatic heterocycles. The Morgan fingerprint density at radius 3 is 2.51 bits per heavy atom. The normalized spacial score (nSPS) is 11.4. The minimum absolute atomic E-state index is 0.117. The third kappa shape index (κ3) is 5.22. The maximum absolute atomic E-state index is 13.5. The molecule has 1 N–H and O–H groups in total. The molecule has 6 nitrogen and oxygen atoms in total. The summed E-state index contributed by atoms with van der Waals surface area (Å²) in [6.07, 6.45) is 1.13. The third-order valence-corrected chi connectivity index (χ3v) is 8.30. The molecule has 37 heavy (non-hydrogen) atoms. The van der Waals surface area contributed by atoms with Crippen molar-refractivity contribution in [3.05, 3.63) is 95.5 Å². The first-order chi connectivity index (χ1) is 17.7. The number of methoxy groups -OCH3 is 1. The summed E-state index contributed by atoms with van der Waals surface area (Å²) in [4.78, 5) is 18.3. The highest BCUT2D eigenvalue weighted by atomic mass is 35.5. The number of sulfone groups is 1. The molecule has 0 aliphatic carbocycles. The molecule has 0 bridgehead atoms. The van der Waals surface area contributed by atoms with Gasteiger partial charge in [0.15, 0.2) is 9.84 Å². The summed E-state index contributed by atoms with van der Waals surface area (Å²) in [5.74, 6) is 0.197. The molecule has 4 aromatic carbocycles. The summed E-state index contributed by atoms with van der Waals surface area (Å²) < 4.78 is 30.8. The van der Waals surface area contributed by atoms with Crippen LogP contribution in [0, 0.1) is 0 Å². The maximum atomic E-state index is 13.5. The van der Waals surface area contributed by atoms with Gasteiger partial charge in [0.1, 0.15) is 10.8 Å². The minimum Gasteiger partial charge on any atom is -0.497 e. The van der Waals surface area contributed by atoms with Crippen LogP contribution in [0.3, 0.4) is 0 Å². The van der Waals surface area contributed by atoms with Crippen LogP contribution < -0.4 is 10.1 Å². The molecular formula is C28H21ClN2O4S2. The second-order valence-corrected chi connectivity index (χ2v) is 11.8. The van der Waals surface area contributed by atoms with Gasteiger partial charge >= 0.3 is 0 Å². The molecule has 186 valence electrons. The highest BCUT2D eigenvalue weighted by molar-refractivity contribution is 7.90. The van der Waals surface area contributed by atoms with Crippen molar-refractivity contribution < 1.29 is 17.9 Å². The number of rotatable bonds is 6. The Labute approximate surface area is 223 Å². The molecule has 0 aliphatic heterocycles. The summed E-state index contributed by atoms with van der Waals surface area (Å²) in [5, 5.41) is 4.19. The van der Waals surface area contributed by atoms with Crippen LogP contribution >= 0.6 is 22.9 Å². The Morgan fingerprint density at radius 1 is 0.946 bits per heavy atom. The molecule has 0 spiro atoms. The fourth-order valence-corrected chi connectivity index (χ4v) is 5.84. The van der Waals surface area contributed by atoms with Gasteiger partial charge < -0.3 is 10.1 Å². The zero-order valence-electron chi connectivity index (χ0n) is 19.9. The molecule has 0 aliphatic rings. The molecule has 5 rings (SSSR count). The Balaban J connectivity index is 1.53. The highest BCUT2D eigenvalue weighted by Crippen LogP contribution is 2.36. The second-order valence-electron chi connectivity index (χ2n) is 8.35. The number of hydrogen-bond donors (Lipinski definition) is 1. The molecule has 0 fully saturated rings. The van der Waals surface area contributed by atoms with Crippen molar-refractivity contribution in [3.63, 3.8) is 0 Å². The zero-order chi connectivity index (χ0) is 26.2. The lowest BCUT2D eigenvalue weighted by Gasteiger charge is -2.14. The second kappa shape index (κ2) is 9.97. The van der Waals surface area contributed by atoms with Crippen molar-refractivity contribution in [1.82, 2.24) is 4.98 Å². The fraction of sp³-hybridized carbons (Fsp3) is 0.0714. The molecule has 0 saturated carbocycles. The summed E-state index contributed by atoms with van der Waals surface area (Å²) in [5.41, 5.74) is 3.56. The van der Waals surface area contributed by atoms with Crippen LogP contribution in [-0.2, 0) is 9.84 Å². The van der Waals surface area contributed by atoms with E-state index in [1.165, 1.54) is 29.5 Å². The first-order valence-electron chi connectivity index (χ1n) is 11.2. The van der Waals surface area contributed by atoms with E-state index in [1.54, 1.807) is 49.6 Å². The number of benzene rings is 4. The van der Waals surface area contributed by atoms with Crippen LogP contribution in [0.25, 0.3) is 31.9 Å². The van der Waals surface area contributed by atoms with E-state index >= 15 is 0 Å². The SMILES string of the molecule is COc1cccc(-c2cc(S(C)(=O)=O)ccc2C(=O)Nc2ccc(Cl)c(-c3nc4ccccc4s3)c2)c1. The Bertz CT molecular complexity index is 1730. The topological polar surface area (TPSA) is 85.4 Å². The van der Waals surface area contributed by atoms with E-state index in [1.807, 2.05) is 24.3 Å². The number of thiazole rings is 1. The predicted molar refractivity (Wildman–Crippen MR) is 150 cm³/mol. The Morgan fingerprint density at radius 2 is 1.76 bits per heavy atom. The molecule has 0 atom stereocenters. The number of hydrogen-bond acceptors (Lipinski definition) is 6. The summed E-state index contributed by atoms with van der Waals surface area (Å²) in [6, 6.07) is 24.6. The van der Waals surface area contributed by atoms with Gasteiger partial charge in [0.25, 0.3) is 5.91 Å². The number of fused-ring (bicyclic) bond motifs is 1. The van der Waals surface area contributed by atoms with E-state index in [-0.39, 0.29) is 4.90 Å². The molecule has 0 saturated heterocycles. The molecule has 1 heterocycles. The van der Waals surface area contributed by atoms with Gasteiger partial charge in [-0.15, -0.1) is 11.3 Å². The molecular weight excluding hydrogens is 528 g/mol. The largest absolute Gasteiger partial charge is 0.497 e. The fourth-order valence-electron chi connectivity index (χ4n) is 3.93. The number of aromatic nitrogens is 1. The molecule has 0 radical (unpaired) electrons. The quantitative estimate of drug-likeness (QED) is 0.248. The van der Waals surface area contributed by atoms with Crippen molar-refractivity contribution in [2.24, 2.45) is 0 Å². The highest BCUT2D eigenvalue weighted by Gasteiger charge is 2.19. The minimum atomic E-state index is -3.49. The number of carbonyl (C=O) groups excluding carboxylic acids is 1. The number of ether oxygens (including phenoxy) is 1. The number of nitrogens with zero attached hydrogens (tertiary/aromatic N) is 1. The van der Waals surface area contributed by atoms with Crippen molar-refractivity contribution in [2.75, 3.05) is 18.7 Å². The number of para-hydroxylation sites is 1. The standard InChI is InChI=1S/C28H21ClN2O4S2/c1-35-19-7-5-6-17(14-19)22-16-20(37(2,33)34)11-12-21(22)27(32)30-18-10-13-24(29)23(15-18)28-31-25-8-3-4-9-26(25)36-28/h3-16H,1-2H3,(H,30,32). The third-order valence-electron chi connectivity index (χ3n) is 5.79. The average Bonchev–Trinajstić information content (AvgIpc) is 3.33. The van der Waals surface area contributed by atoms with Gasteiger partial charge in [0.05, 0.1) is 27.2 Å². The lowest BCUT2D eigenvalue weighted by atomic mass is 9.98. The number of anilines is 1. The molecule has 9 heteroatoms. The van der Waals surface area contributed by atoms with E-state index in [0.29, 0.717) is 38.7 Å². The van der Waals surface area contributed by atoms with E-state index in [0.717, 1.165) is 21.5 Å². The molecule has 0 unspecified atom stereocenters. The summed E-state index contributed by atoms with van der Waals surface area (Å²) in [6.45, 7) is 0. The van der Waals surface area contributed by atoms with Crippen molar-refractivity contribution >= 4 is 54.6 Å². The molecule has 1 amide bonds. The predicted octanol–water partition coefficient (Wildman–Crippen LogP) is 6.95. The van der Waals surface area contributed by atoms with E-state index < -0.39 is 15.7 Å². The number of halogens is 1. The van der Waals surface area contributed by atoms with Gasteiger partial charge in [0, 0.05) is 23.1 Å². The smallest absolute Gasteiger partial charge is 0.256 e.